The van der Waals surface area contributed by atoms with Crippen molar-refractivity contribution in [3.05, 3.63) is 83.3 Å². The largest absolute Gasteiger partial charge is 0.475 e. The molecule has 4 bridgehead atoms. The van der Waals surface area contributed by atoms with Crippen LogP contribution < -0.4 is 14.4 Å². The van der Waals surface area contributed by atoms with Crippen molar-refractivity contribution in [2.24, 2.45) is 5.92 Å². The van der Waals surface area contributed by atoms with E-state index in [0.29, 0.717) is 30.5 Å². The van der Waals surface area contributed by atoms with Crippen LogP contribution in [0.15, 0.2) is 65.8 Å². The van der Waals surface area contributed by atoms with E-state index < -0.39 is 16.1 Å². The van der Waals surface area contributed by atoms with Gasteiger partial charge in [-0.25, -0.2) is 23.1 Å². The lowest BCUT2D eigenvalue weighted by Gasteiger charge is -2.36. The molecule has 0 aliphatic carbocycles. The van der Waals surface area contributed by atoms with E-state index in [1.165, 1.54) is 18.6 Å². The minimum absolute atomic E-state index is 0.0748. The number of anilines is 2. The Balaban J connectivity index is 1.32. The lowest BCUT2D eigenvalue weighted by atomic mass is 9.93. The maximum absolute atomic E-state index is 14.7. The maximum Gasteiger partial charge on any atom is 0.264 e. The molecule has 1 N–H and O–H groups in total. The Labute approximate surface area is 299 Å². The van der Waals surface area contributed by atoms with E-state index in [9.17, 15) is 13.2 Å². The van der Waals surface area contributed by atoms with Crippen molar-refractivity contribution in [3.63, 3.8) is 0 Å². The molecule has 13 heteroatoms. The van der Waals surface area contributed by atoms with Gasteiger partial charge in [-0.3, -0.25) is 9.78 Å². The van der Waals surface area contributed by atoms with Crippen molar-refractivity contribution in [2.75, 3.05) is 36.0 Å². The van der Waals surface area contributed by atoms with Gasteiger partial charge < -0.3 is 19.3 Å². The zero-order valence-corrected chi connectivity index (χ0v) is 30.2. The Morgan fingerprint density at radius 3 is 2.55 bits per heavy atom. The Morgan fingerprint density at radius 2 is 1.76 bits per heavy atom. The quantitative estimate of drug-likeness (QED) is 0.255. The number of fused-ring (bicyclic) bond motifs is 4. The fraction of sp³-hybridized carbons (Fsp3) is 0.447. The molecule has 3 aliphatic heterocycles. The first-order valence-corrected chi connectivity index (χ1v) is 19.3. The second kappa shape index (κ2) is 14.9. The van der Waals surface area contributed by atoms with Crippen LogP contribution in [0.1, 0.15) is 72.6 Å². The van der Waals surface area contributed by atoms with Gasteiger partial charge in [0.2, 0.25) is 11.8 Å². The summed E-state index contributed by atoms with van der Waals surface area (Å²) >= 11 is 0. The molecule has 3 aliphatic rings. The van der Waals surface area contributed by atoms with Crippen LogP contribution >= 0.6 is 0 Å². The van der Waals surface area contributed by atoms with Gasteiger partial charge in [-0.1, -0.05) is 24.3 Å². The number of carbonyl (C=O) groups is 1. The van der Waals surface area contributed by atoms with Gasteiger partial charge in [0.1, 0.15) is 12.4 Å². The number of benzene rings is 2. The minimum Gasteiger partial charge on any atom is -0.475 e. The average Bonchev–Trinajstić information content (AvgIpc) is 3.12. The molecule has 0 saturated carbocycles. The van der Waals surface area contributed by atoms with E-state index in [-0.39, 0.29) is 47.3 Å². The topological polar surface area (TPSA) is 140 Å². The van der Waals surface area contributed by atoms with Crippen LogP contribution in [0.25, 0.3) is 11.3 Å². The second-order valence-corrected chi connectivity index (χ2v) is 15.6. The summed E-state index contributed by atoms with van der Waals surface area (Å²) in [6.07, 6.45) is 9.36. The molecule has 5 heterocycles. The molecule has 4 aromatic rings. The smallest absolute Gasteiger partial charge is 0.264 e. The third kappa shape index (κ3) is 7.84. The van der Waals surface area contributed by atoms with Crippen LogP contribution in [0.4, 0.5) is 11.8 Å². The zero-order chi connectivity index (χ0) is 35.5. The Kier molecular flexibility index (Phi) is 10.2. The van der Waals surface area contributed by atoms with Crippen LogP contribution in [-0.2, 0) is 21.3 Å². The minimum atomic E-state index is -4.18. The van der Waals surface area contributed by atoms with Crippen molar-refractivity contribution < 1.29 is 22.7 Å². The Morgan fingerprint density at radius 1 is 0.941 bits per heavy atom. The van der Waals surface area contributed by atoms with Crippen molar-refractivity contribution in [1.82, 2.24) is 24.8 Å². The highest BCUT2D eigenvalue weighted by Crippen LogP contribution is 2.31. The van der Waals surface area contributed by atoms with Gasteiger partial charge in [0.05, 0.1) is 41.3 Å². The van der Waals surface area contributed by atoms with Gasteiger partial charge in [-0.2, -0.15) is 4.98 Å². The molecule has 0 spiro atoms. The van der Waals surface area contributed by atoms with Crippen LogP contribution in [0.5, 0.6) is 5.88 Å². The standard InChI is InChI=1S/C38H45N7O5S/c1-25-9-6-10-26(2)36(25)33-19-35-42-38(41-33)43-51(47,48)32-14-7-13-29(18-32)37(46)45(31(24-50-35)17-28-12-8-16-49-23-28)22-30-20-39-21-34(40-30)44-15-5-4-11-27(44)3/h6-7,9-10,13-14,18-21,27-28,31H,4-5,8,11-12,15-17,22-24H2,1-3H3,(H,41,42,43)/t27-,28+,31-/m1/s1. The van der Waals surface area contributed by atoms with E-state index in [1.807, 2.05) is 32.0 Å². The lowest BCUT2D eigenvalue weighted by molar-refractivity contribution is 0.0250. The first-order chi connectivity index (χ1) is 24.6. The number of nitrogens with zero attached hydrogens (tertiary/aromatic N) is 6. The number of piperidine rings is 1. The number of hydrogen-bond acceptors (Lipinski definition) is 10. The van der Waals surface area contributed by atoms with Crippen LogP contribution in [-0.4, -0.2) is 77.6 Å². The molecule has 0 unspecified atom stereocenters. The predicted octanol–water partition coefficient (Wildman–Crippen LogP) is 5.95. The number of hydrogen-bond donors (Lipinski definition) is 1. The third-order valence-electron chi connectivity index (χ3n) is 10.1. The number of carbonyl (C=O) groups excluding carboxylic acids is 1. The van der Waals surface area contributed by atoms with Gasteiger partial charge in [-0.15, -0.1) is 0 Å². The van der Waals surface area contributed by atoms with E-state index in [0.717, 1.165) is 61.3 Å². The first kappa shape index (κ1) is 34.8. The molecular formula is C38H45N7O5S. The van der Waals surface area contributed by atoms with Crippen LogP contribution in [0, 0.1) is 19.8 Å². The normalized spacial score (nSPS) is 22.2. The molecule has 1 amide bonds. The van der Waals surface area contributed by atoms with Crippen LogP contribution in [0.3, 0.4) is 0 Å². The van der Waals surface area contributed by atoms with E-state index >= 15 is 0 Å². The summed E-state index contributed by atoms with van der Waals surface area (Å²) in [5.74, 6) is 0.741. The van der Waals surface area contributed by atoms with Gasteiger partial charge in [0, 0.05) is 43.0 Å². The number of amides is 1. The number of aryl methyl sites for hydroxylation is 2. The molecule has 3 atom stereocenters. The highest BCUT2D eigenvalue weighted by Gasteiger charge is 2.32. The number of rotatable bonds is 6. The fourth-order valence-corrected chi connectivity index (χ4v) is 8.46. The number of nitrogens with one attached hydrogen (secondary N) is 1. The van der Waals surface area contributed by atoms with Crippen molar-refractivity contribution in [1.29, 1.82) is 0 Å². The molecule has 2 saturated heterocycles. The van der Waals surface area contributed by atoms with Crippen LogP contribution in [0.2, 0.25) is 0 Å². The summed E-state index contributed by atoms with van der Waals surface area (Å²) in [5, 5.41) is 0. The van der Waals surface area contributed by atoms with Gasteiger partial charge >= 0.3 is 0 Å². The van der Waals surface area contributed by atoms with E-state index in [4.69, 9.17) is 14.5 Å². The molecular weight excluding hydrogens is 667 g/mol. The molecule has 12 nitrogen and oxygen atoms in total. The Bertz CT molecular complexity index is 1980. The zero-order valence-electron chi connectivity index (χ0n) is 29.4. The van der Waals surface area contributed by atoms with E-state index in [1.54, 1.807) is 35.5 Å². The Hall–Kier alpha value is -4.62. The third-order valence-corrected chi connectivity index (χ3v) is 11.5. The molecule has 2 aromatic heterocycles. The van der Waals surface area contributed by atoms with Crippen molar-refractivity contribution >= 4 is 27.7 Å². The highest BCUT2D eigenvalue weighted by atomic mass is 32.2. The number of sulfonamides is 1. The lowest BCUT2D eigenvalue weighted by Crippen LogP contribution is -2.45. The van der Waals surface area contributed by atoms with Gasteiger partial charge in [0.15, 0.2) is 0 Å². The molecule has 7 rings (SSSR count). The molecule has 2 aromatic carbocycles. The van der Waals surface area contributed by atoms with Gasteiger partial charge in [0.25, 0.3) is 15.9 Å². The average molecular weight is 712 g/mol. The number of aromatic nitrogens is 4. The monoisotopic (exact) mass is 711 g/mol. The maximum atomic E-state index is 14.7. The van der Waals surface area contributed by atoms with Crippen molar-refractivity contribution in [2.45, 2.75) is 82.8 Å². The molecule has 268 valence electrons. The van der Waals surface area contributed by atoms with E-state index in [2.05, 4.69) is 31.5 Å². The molecule has 2 fully saturated rings. The second-order valence-electron chi connectivity index (χ2n) is 13.9. The fourth-order valence-electron chi connectivity index (χ4n) is 7.47. The first-order valence-electron chi connectivity index (χ1n) is 17.8. The number of ether oxygens (including phenoxy) is 2. The van der Waals surface area contributed by atoms with Crippen molar-refractivity contribution in [3.8, 4) is 17.1 Å². The summed E-state index contributed by atoms with van der Waals surface area (Å²) in [7, 11) is -4.18. The van der Waals surface area contributed by atoms with Gasteiger partial charge in [-0.05, 0) is 94.5 Å². The predicted molar refractivity (Wildman–Crippen MR) is 194 cm³/mol. The summed E-state index contributed by atoms with van der Waals surface area (Å²) in [4.78, 5) is 37.3. The SMILES string of the molecule is Cc1cccc(C)c1-c1cc2nc(n1)NS(=O)(=O)c1cccc(c1)C(=O)N(Cc1cncc(N3CCCC[C@H]3C)n1)[C@H](C[C@@H]1CCCOC1)CO2. The molecule has 51 heavy (non-hydrogen) atoms. The summed E-state index contributed by atoms with van der Waals surface area (Å²) in [6.45, 7) is 8.64. The molecule has 0 radical (unpaired) electrons. The summed E-state index contributed by atoms with van der Waals surface area (Å²) < 4.78 is 42.4. The summed E-state index contributed by atoms with van der Waals surface area (Å²) in [5.41, 5.74) is 4.23. The summed E-state index contributed by atoms with van der Waals surface area (Å²) in [6, 6.07) is 13.7. The highest BCUT2D eigenvalue weighted by molar-refractivity contribution is 7.92.